The largest absolute Gasteiger partial charge is 0.454 e. The molecule has 0 N–H and O–H groups in total. The van der Waals surface area contributed by atoms with Crippen LogP contribution in [-0.2, 0) is 12.5 Å². The second kappa shape index (κ2) is 8.20. The van der Waals surface area contributed by atoms with Gasteiger partial charge >= 0.3 is 0 Å². The van der Waals surface area contributed by atoms with Gasteiger partial charge in [0.2, 0.25) is 5.69 Å². The molecule has 0 saturated carbocycles. The summed E-state index contributed by atoms with van der Waals surface area (Å²) < 4.78 is 9.00. The number of aromatic nitrogens is 1. The van der Waals surface area contributed by atoms with Crippen LogP contribution in [0.5, 0.6) is 0 Å². The number of aryl methyl sites for hydroxylation is 2. The molecule has 5 rings (SSSR count). The third kappa shape index (κ3) is 4.12. The summed E-state index contributed by atoms with van der Waals surface area (Å²) in [6.45, 7) is 16.2. The highest BCUT2D eigenvalue weighted by Crippen LogP contribution is 2.40. The van der Waals surface area contributed by atoms with E-state index in [4.69, 9.17) is 4.42 Å². The molecule has 0 spiro atoms. The van der Waals surface area contributed by atoms with Crippen LogP contribution in [-0.4, -0.2) is 8.07 Å². The van der Waals surface area contributed by atoms with Crippen LogP contribution in [0.4, 0.5) is 0 Å². The van der Waals surface area contributed by atoms with Gasteiger partial charge in [0.25, 0.3) is 0 Å². The predicted octanol–water partition coefficient (Wildman–Crippen LogP) is 7.90. The number of benzene rings is 3. The Balaban J connectivity index is 1.86. The van der Waals surface area contributed by atoms with Crippen molar-refractivity contribution in [2.45, 2.75) is 52.8 Å². The minimum Gasteiger partial charge on any atom is -0.454 e. The van der Waals surface area contributed by atoms with E-state index < -0.39 is 8.07 Å². The molecule has 0 bridgehead atoms. The summed E-state index contributed by atoms with van der Waals surface area (Å²) in [5, 5.41) is 3.86. The first-order chi connectivity index (χ1) is 16.4. The molecule has 0 unspecified atom stereocenters. The monoisotopic (exact) mass is 478 g/mol. The van der Waals surface area contributed by atoms with Gasteiger partial charge < -0.3 is 4.42 Å². The lowest BCUT2D eigenvalue weighted by molar-refractivity contribution is -0.660. The number of nitrogens with zero attached hydrogens (tertiary/aromatic N) is 1. The normalized spacial score (nSPS) is 12.6. The minimum absolute atomic E-state index is 0.130. The van der Waals surface area contributed by atoms with Crippen LogP contribution >= 0.6 is 0 Å². The summed E-state index contributed by atoms with van der Waals surface area (Å²) in [4.78, 5) is 0. The van der Waals surface area contributed by atoms with Crippen molar-refractivity contribution >= 4 is 35.2 Å². The second-order valence-corrected chi connectivity index (χ2v) is 17.0. The van der Waals surface area contributed by atoms with Crippen LogP contribution in [0.2, 0.25) is 19.6 Å². The summed E-state index contributed by atoms with van der Waals surface area (Å²) in [5.74, 6) is 0. The van der Waals surface area contributed by atoms with Crippen molar-refractivity contribution < 1.29 is 8.98 Å². The Morgan fingerprint density at radius 3 is 2.14 bits per heavy atom. The molecule has 5 aromatic rings. The van der Waals surface area contributed by atoms with E-state index in [9.17, 15) is 0 Å². The Bertz CT molecular complexity index is 1560. The smallest absolute Gasteiger partial charge is 0.216 e. The SMILES string of the molecule is Cc1ccc2c(oc3c(-c4ccc(C(C)(C)C)cc4)cc([Si](C)(C)C)cc32)c1-c1cccc[n+]1C. The third-order valence-electron chi connectivity index (χ3n) is 7.19. The fourth-order valence-electron chi connectivity index (χ4n) is 4.94. The van der Waals surface area contributed by atoms with Gasteiger partial charge in [-0.25, -0.2) is 4.57 Å². The number of rotatable bonds is 3. The lowest BCUT2D eigenvalue weighted by Gasteiger charge is -2.20. The first-order valence-electron chi connectivity index (χ1n) is 12.5. The quantitative estimate of drug-likeness (QED) is 0.190. The van der Waals surface area contributed by atoms with Gasteiger partial charge in [-0.3, -0.25) is 0 Å². The van der Waals surface area contributed by atoms with Crippen molar-refractivity contribution in [2.24, 2.45) is 7.05 Å². The van der Waals surface area contributed by atoms with Crippen LogP contribution in [0, 0.1) is 6.92 Å². The van der Waals surface area contributed by atoms with Crippen LogP contribution in [0.3, 0.4) is 0 Å². The minimum atomic E-state index is -1.56. The van der Waals surface area contributed by atoms with E-state index >= 15 is 0 Å². The Labute approximate surface area is 210 Å². The fourth-order valence-corrected chi connectivity index (χ4v) is 6.09. The molecule has 3 aromatic carbocycles. The maximum Gasteiger partial charge on any atom is 0.216 e. The zero-order valence-corrected chi connectivity index (χ0v) is 23.3. The van der Waals surface area contributed by atoms with E-state index in [0.717, 1.165) is 16.9 Å². The summed E-state index contributed by atoms with van der Waals surface area (Å²) in [7, 11) is 0.539. The van der Waals surface area contributed by atoms with E-state index in [-0.39, 0.29) is 5.41 Å². The zero-order valence-electron chi connectivity index (χ0n) is 22.3. The van der Waals surface area contributed by atoms with Gasteiger partial charge in [-0.15, -0.1) is 0 Å². The standard InChI is InChI=1S/C32H36NOSi/c1-21-12-17-25-27-20-24(35(6,7)8)19-26(22-13-15-23(16-14-22)32(2,3)4)30(27)34-31(25)29(21)28-11-9-10-18-33(28)5/h9-20H,1-8H3/q+1. The highest BCUT2D eigenvalue weighted by molar-refractivity contribution is 6.89. The summed E-state index contributed by atoms with van der Waals surface area (Å²) in [5.41, 5.74) is 9.39. The average Bonchev–Trinajstić information content (AvgIpc) is 3.16. The van der Waals surface area contributed by atoms with Gasteiger partial charge in [-0.1, -0.05) is 94.1 Å². The molecular formula is C32H36NOSi+. The summed E-state index contributed by atoms with van der Waals surface area (Å²) in [6, 6.07) is 24.7. The third-order valence-corrected chi connectivity index (χ3v) is 9.21. The molecule has 2 heterocycles. The number of pyridine rings is 1. The summed E-state index contributed by atoms with van der Waals surface area (Å²) in [6.07, 6.45) is 2.10. The van der Waals surface area contributed by atoms with Gasteiger partial charge in [-0.05, 0) is 35.1 Å². The Morgan fingerprint density at radius 1 is 0.800 bits per heavy atom. The predicted molar refractivity (Wildman–Crippen MR) is 152 cm³/mol. The fraction of sp³-hybridized carbons (Fsp3) is 0.281. The van der Waals surface area contributed by atoms with Crippen molar-refractivity contribution in [1.82, 2.24) is 0 Å². The molecule has 35 heavy (non-hydrogen) atoms. The van der Waals surface area contributed by atoms with Crippen LogP contribution in [0.25, 0.3) is 44.3 Å². The molecular weight excluding hydrogens is 442 g/mol. The van der Waals surface area contributed by atoms with Gasteiger partial charge in [0, 0.05) is 28.5 Å². The number of fused-ring (bicyclic) bond motifs is 3. The maximum absolute atomic E-state index is 6.83. The first kappa shape index (κ1) is 23.6. The average molecular weight is 479 g/mol. The molecule has 0 radical (unpaired) electrons. The van der Waals surface area contributed by atoms with Crippen LogP contribution < -0.4 is 9.75 Å². The Morgan fingerprint density at radius 2 is 1.51 bits per heavy atom. The Hall–Kier alpha value is -3.17. The molecule has 0 fully saturated rings. The van der Waals surface area contributed by atoms with Crippen molar-refractivity contribution in [1.29, 1.82) is 0 Å². The molecule has 0 aliphatic heterocycles. The maximum atomic E-state index is 6.83. The van der Waals surface area contributed by atoms with E-state index in [1.165, 1.54) is 43.8 Å². The molecule has 0 aliphatic carbocycles. The number of hydrogen-bond acceptors (Lipinski definition) is 1. The highest BCUT2D eigenvalue weighted by Gasteiger charge is 2.25. The highest BCUT2D eigenvalue weighted by atomic mass is 28.3. The molecule has 178 valence electrons. The Kier molecular flexibility index (Phi) is 5.52. The first-order valence-corrected chi connectivity index (χ1v) is 16.0. The van der Waals surface area contributed by atoms with Gasteiger partial charge in [0.1, 0.15) is 18.2 Å². The van der Waals surface area contributed by atoms with E-state index in [1.807, 2.05) is 0 Å². The van der Waals surface area contributed by atoms with Crippen molar-refractivity contribution in [3.8, 4) is 22.4 Å². The zero-order chi connectivity index (χ0) is 25.1. The number of furan rings is 1. The molecule has 0 saturated heterocycles. The lowest BCUT2D eigenvalue weighted by atomic mass is 9.86. The van der Waals surface area contributed by atoms with Crippen molar-refractivity contribution in [3.63, 3.8) is 0 Å². The van der Waals surface area contributed by atoms with Gasteiger partial charge in [0.15, 0.2) is 6.20 Å². The second-order valence-electron chi connectivity index (χ2n) is 11.9. The van der Waals surface area contributed by atoms with Gasteiger partial charge in [0.05, 0.1) is 13.6 Å². The van der Waals surface area contributed by atoms with E-state index in [1.54, 1.807) is 0 Å². The summed E-state index contributed by atoms with van der Waals surface area (Å²) >= 11 is 0. The molecule has 0 amide bonds. The van der Waals surface area contributed by atoms with Gasteiger partial charge in [-0.2, -0.15) is 0 Å². The molecule has 2 aromatic heterocycles. The van der Waals surface area contributed by atoms with Crippen LogP contribution in [0.15, 0.2) is 77.3 Å². The lowest BCUT2D eigenvalue weighted by Crippen LogP contribution is -2.37. The van der Waals surface area contributed by atoms with Crippen molar-refractivity contribution in [2.75, 3.05) is 0 Å². The molecule has 0 atom stereocenters. The van der Waals surface area contributed by atoms with Crippen molar-refractivity contribution in [3.05, 3.63) is 84.1 Å². The number of hydrogen-bond donors (Lipinski definition) is 0. The molecule has 2 nitrogen and oxygen atoms in total. The van der Waals surface area contributed by atoms with Crippen LogP contribution in [0.1, 0.15) is 31.9 Å². The van der Waals surface area contributed by atoms with E-state index in [2.05, 4.69) is 132 Å². The van der Waals surface area contributed by atoms with E-state index in [0.29, 0.717) is 0 Å². The topological polar surface area (TPSA) is 17.0 Å². The molecule has 3 heteroatoms. The molecule has 0 aliphatic rings.